The van der Waals surface area contributed by atoms with Crippen LogP contribution in [0.25, 0.3) is 0 Å². The SMILES string of the molecule is O=C(O)c1ncsc1S(=O)(=O)NCC1CCCCC1CO. The highest BCUT2D eigenvalue weighted by Crippen LogP contribution is 2.29. The van der Waals surface area contributed by atoms with Crippen molar-refractivity contribution in [1.82, 2.24) is 9.71 Å². The average Bonchev–Trinajstić information content (AvgIpc) is 2.96. The number of aliphatic hydroxyl groups excluding tert-OH is 1. The number of carboxylic acids is 1. The van der Waals surface area contributed by atoms with Crippen LogP contribution in [0.3, 0.4) is 0 Å². The number of hydrogen-bond acceptors (Lipinski definition) is 6. The molecule has 1 aromatic heterocycles. The van der Waals surface area contributed by atoms with Crippen LogP contribution >= 0.6 is 11.3 Å². The number of nitrogens with one attached hydrogen (secondary N) is 1. The van der Waals surface area contributed by atoms with Crippen LogP contribution in [0, 0.1) is 11.8 Å². The highest BCUT2D eigenvalue weighted by Gasteiger charge is 2.29. The Morgan fingerprint density at radius 2 is 2.05 bits per heavy atom. The largest absolute Gasteiger partial charge is 0.476 e. The van der Waals surface area contributed by atoms with Gasteiger partial charge in [0.15, 0.2) is 9.90 Å². The van der Waals surface area contributed by atoms with Crippen LogP contribution in [-0.4, -0.2) is 42.7 Å². The summed E-state index contributed by atoms with van der Waals surface area (Å²) < 4.78 is 26.6. The zero-order valence-electron chi connectivity index (χ0n) is 11.4. The molecule has 118 valence electrons. The van der Waals surface area contributed by atoms with E-state index >= 15 is 0 Å². The van der Waals surface area contributed by atoms with E-state index in [4.69, 9.17) is 5.11 Å². The number of carbonyl (C=O) groups is 1. The van der Waals surface area contributed by atoms with Crippen LogP contribution in [0.4, 0.5) is 0 Å². The number of sulfonamides is 1. The van der Waals surface area contributed by atoms with Crippen LogP contribution in [0.2, 0.25) is 0 Å². The lowest BCUT2D eigenvalue weighted by Gasteiger charge is -2.30. The minimum Gasteiger partial charge on any atom is -0.476 e. The van der Waals surface area contributed by atoms with Gasteiger partial charge in [-0.25, -0.2) is 22.9 Å². The molecule has 1 heterocycles. The summed E-state index contributed by atoms with van der Waals surface area (Å²) in [4.78, 5) is 14.5. The molecule has 1 saturated carbocycles. The smallest absolute Gasteiger partial charge is 0.356 e. The number of aromatic carboxylic acids is 1. The molecule has 21 heavy (non-hydrogen) atoms. The van der Waals surface area contributed by atoms with Gasteiger partial charge in [0.1, 0.15) is 0 Å². The van der Waals surface area contributed by atoms with Crippen molar-refractivity contribution < 1.29 is 23.4 Å². The lowest BCUT2D eigenvalue weighted by molar-refractivity contribution is 0.0687. The Hall–Kier alpha value is -1.03. The fraction of sp³-hybridized carbons (Fsp3) is 0.667. The van der Waals surface area contributed by atoms with Gasteiger partial charge in [-0.15, -0.1) is 11.3 Å². The summed E-state index contributed by atoms with van der Waals surface area (Å²) >= 11 is 0.786. The van der Waals surface area contributed by atoms with Crippen molar-refractivity contribution in [2.75, 3.05) is 13.2 Å². The van der Waals surface area contributed by atoms with Gasteiger partial charge in [0, 0.05) is 13.2 Å². The number of thiazole rings is 1. The van der Waals surface area contributed by atoms with E-state index in [0.29, 0.717) is 0 Å². The number of hydrogen-bond donors (Lipinski definition) is 3. The Labute approximate surface area is 127 Å². The van der Waals surface area contributed by atoms with Crippen molar-refractivity contribution >= 4 is 27.3 Å². The molecule has 0 amide bonds. The molecule has 1 aliphatic rings. The molecule has 0 aliphatic heterocycles. The van der Waals surface area contributed by atoms with Crippen molar-refractivity contribution in [3.05, 3.63) is 11.2 Å². The topological polar surface area (TPSA) is 117 Å². The second-order valence-electron chi connectivity index (χ2n) is 5.13. The van der Waals surface area contributed by atoms with Crippen molar-refractivity contribution in [3.63, 3.8) is 0 Å². The molecule has 1 fully saturated rings. The molecule has 2 rings (SSSR count). The van der Waals surface area contributed by atoms with E-state index in [-0.39, 0.29) is 29.2 Å². The fourth-order valence-corrected chi connectivity index (χ4v) is 4.92. The first-order valence-electron chi connectivity index (χ1n) is 6.73. The van der Waals surface area contributed by atoms with Crippen molar-refractivity contribution in [3.8, 4) is 0 Å². The highest BCUT2D eigenvalue weighted by molar-refractivity contribution is 7.91. The molecule has 0 bridgehead atoms. The molecule has 0 spiro atoms. The van der Waals surface area contributed by atoms with Crippen LogP contribution in [0.15, 0.2) is 9.72 Å². The molecule has 1 aromatic rings. The maximum absolute atomic E-state index is 12.2. The summed E-state index contributed by atoms with van der Waals surface area (Å²) in [6, 6.07) is 0. The molecular formula is C12H18N2O5S2. The summed E-state index contributed by atoms with van der Waals surface area (Å²) in [7, 11) is -3.88. The number of aromatic nitrogens is 1. The molecule has 7 nitrogen and oxygen atoms in total. The van der Waals surface area contributed by atoms with Gasteiger partial charge in [0.05, 0.1) is 5.51 Å². The van der Waals surface area contributed by atoms with Crippen molar-refractivity contribution in [2.24, 2.45) is 11.8 Å². The van der Waals surface area contributed by atoms with Gasteiger partial charge in [0.2, 0.25) is 0 Å². The summed E-state index contributed by atoms with van der Waals surface area (Å²) in [5.74, 6) is -1.18. The summed E-state index contributed by atoms with van der Waals surface area (Å²) in [6.45, 7) is 0.262. The normalized spacial score (nSPS) is 23.1. The van der Waals surface area contributed by atoms with E-state index in [1.165, 1.54) is 5.51 Å². The molecule has 0 aromatic carbocycles. The van der Waals surface area contributed by atoms with Crippen LogP contribution < -0.4 is 4.72 Å². The van der Waals surface area contributed by atoms with Gasteiger partial charge in [-0.1, -0.05) is 12.8 Å². The molecule has 0 radical (unpaired) electrons. The highest BCUT2D eigenvalue weighted by atomic mass is 32.2. The van der Waals surface area contributed by atoms with Crippen LogP contribution in [0.1, 0.15) is 36.2 Å². The molecule has 3 N–H and O–H groups in total. The average molecular weight is 334 g/mol. The molecule has 1 aliphatic carbocycles. The maximum atomic E-state index is 12.2. The van der Waals surface area contributed by atoms with E-state index in [0.717, 1.165) is 37.0 Å². The Balaban J connectivity index is 2.07. The third-order valence-electron chi connectivity index (χ3n) is 3.82. The first kappa shape index (κ1) is 16.3. The van der Waals surface area contributed by atoms with E-state index < -0.39 is 21.7 Å². The predicted octanol–water partition coefficient (Wildman–Crippen LogP) is 0.918. The monoisotopic (exact) mass is 334 g/mol. The third-order valence-corrected chi connectivity index (χ3v) is 6.61. The fourth-order valence-electron chi connectivity index (χ4n) is 2.64. The Kier molecular flexibility index (Phi) is 5.31. The van der Waals surface area contributed by atoms with Crippen LogP contribution in [0.5, 0.6) is 0 Å². The molecular weight excluding hydrogens is 316 g/mol. The van der Waals surface area contributed by atoms with Gasteiger partial charge in [-0.3, -0.25) is 0 Å². The lowest BCUT2D eigenvalue weighted by Crippen LogP contribution is -2.35. The molecule has 0 saturated heterocycles. The van der Waals surface area contributed by atoms with Gasteiger partial charge in [-0.2, -0.15) is 0 Å². The van der Waals surface area contributed by atoms with E-state index in [2.05, 4.69) is 9.71 Å². The zero-order valence-corrected chi connectivity index (χ0v) is 13.0. The predicted molar refractivity (Wildman–Crippen MR) is 76.8 cm³/mol. The minimum absolute atomic E-state index is 0.0489. The van der Waals surface area contributed by atoms with Gasteiger partial charge >= 0.3 is 5.97 Å². The van der Waals surface area contributed by atoms with Gasteiger partial charge in [0.25, 0.3) is 10.0 Å². The van der Waals surface area contributed by atoms with Crippen molar-refractivity contribution in [2.45, 2.75) is 29.9 Å². The first-order valence-corrected chi connectivity index (χ1v) is 9.09. The van der Waals surface area contributed by atoms with E-state index in [9.17, 15) is 18.3 Å². The first-order chi connectivity index (χ1) is 9.95. The summed E-state index contributed by atoms with van der Waals surface area (Å²) in [5, 5.41) is 18.3. The van der Waals surface area contributed by atoms with Crippen LogP contribution in [-0.2, 0) is 10.0 Å². The number of rotatable bonds is 6. The molecule has 2 atom stereocenters. The van der Waals surface area contributed by atoms with Crippen molar-refractivity contribution in [1.29, 1.82) is 0 Å². The second-order valence-corrected chi connectivity index (χ2v) is 7.95. The number of carboxylic acid groups (broad SMARTS) is 1. The quantitative estimate of drug-likeness (QED) is 0.712. The summed E-state index contributed by atoms with van der Waals surface area (Å²) in [5.41, 5.74) is 0.754. The van der Waals surface area contributed by atoms with E-state index in [1.54, 1.807) is 0 Å². The zero-order chi connectivity index (χ0) is 15.5. The summed E-state index contributed by atoms with van der Waals surface area (Å²) in [6.07, 6.45) is 3.82. The van der Waals surface area contributed by atoms with E-state index in [1.807, 2.05) is 0 Å². The van der Waals surface area contributed by atoms with Gasteiger partial charge < -0.3 is 10.2 Å². The maximum Gasteiger partial charge on any atom is 0.356 e. The number of aliphatic hydroxyl groups is 1. The lowest BCUT2D eigenvalue weighted by atomic mass is 9.80. The minimum atomic E-state index is -3.88. The third kappa shape index (κ3) is 3.79. The second kappa shape index (κ2) is 6.82. The molecule has 9 heteroatoms. The number of nitrogens with zero attached hydrogens (tertiary/aromatic N) is 1. The molecule has 2 unspecified atom stereocenters. The Morgan fingerprint density at radius 3 is 2.67 bits per heavy atom. The van der Waals surface area contributed by atoms with Gasteiger partial charge in [-0.05, 0) is 24.7 Å². The Morgan fingerprint density at radius 1 is 1.38 bits per heavy atom. The standard InChI is InChI=1S/C12H18N2O5S2/c15-6-9-4-2-1-3-8(9)5-14-21(18,19)12-10(11(16)17)13-7-20-12/h7-9,14-15H,1-6H2,(H,16,17). The Bertz CT molecular complexity index is 599.